The lowest BCUT2D eigenvalue weighted by molar-refractivity contribution is 0.0693. The van der Waals surface area contributed by atoms with Gasteiger partial charge in [-0.25, -0.2) is 4.79 Å². The predicted molar refractivity (Wildman–Crippen MR) is 66.1 cm³/mol. The molecule has 2 heterocycles. The maximum absolute atomic E-state index is 11.0. The molecule has 2 rings (SSSR count). The van der Waals surface area contributed by atoms with Crippen molar-refractivity contribution in [3.05, 3.63) is 29.6 Å². The van der Waals surface area contributed by atoms with Crippen LogP contribution >= 0.6 is 17.0 Å². The molecule has 0 aliphatic carbocycles. The summed E-state index contributed by atoms with van der Waals surface area (Å²) >= 11 is 0. The summed E-state index contributed by atoms with van der Waals surface area (Å²) in [5.41, 5.74) is 0.988. The number of aromatic carboxylic acids is 1. The third-order valence-electron chi connectivity index (χ3n) is 2.71. The van der Waals surface area contributed by atoms with Gasteiger partial charge in [0.05, 0.1) is 17.3 Å². The van der Waals surface area contributed by atoms with Gasteiger partial charge in [-0.1, -0.05) is 6.42 Å². The zero-order valence-electron chi connectivity index (χ0n) is 8.85. The minimum atomic E-state index is -0.898. The first-order valence-corrected chi connectivity index (χ1v) is 5.20. The van der Waals surface area contributed by atoms with E-state index < -0.39 is 5.97 Å². The second-order valence-corrected chi connectivity index (χ2v) is 3.74. The second-order valence-electron chi connectivity index (χ2n) is 3.74. The summed E-state index contributed by atoms with van der Waals surface area (Å²) in [4.78, 5) is 15.2. The van der Waals surface area contributed by atoms with Crippen molar-refractivity contribution in [1.82, 2.24) is 10.3 Å². The van der Waals surface area contributed by atoms with E-state index in [1.54, 1.807) is 18.3 Å². The Morgan fingerprint density at radius 2 is 2.31 bits per heavy atom. The van der Waals surface area contributed by atoms with Crippen LogP contribution in [0.5, 0.6) is 0 Å². The quantitative estimate of drug-likeness (QED) is 0.875. The molecule has 4 nitrogen and oxygen atoms in total. The lowest BCUT2D eigenvalue weighted by Gasteiger charge is -2.23. The molecule has 1 fully saturated rings. The molecule has 2 N–H and O–H groups in total. The number of nitrogens with one attached hydrogen (secondary N) is 1. The predicted octanol–water partition coefficient (Wildman–Crippen LogP) is 2.17. The highest BCUT2D eigenvalue weighted by molar-refractivity contribution is 8.93. The molecule has 0 aromatic carbocycles. The van der Waals surface area contributed by atoms with Crippen LogP contribution in [0.3, 0.4) is 0 Å². The van der Waals surface area contributed by atoms with E-state index in [9.17, 15) is 4.79 Å². The highest BCUT2D eigenvalue weighted by Crippen LogP contribution is 2.23. The largest absolute Gasteiger partial charge is 0.478 e. The van der Waals surface area contributed by atoms with Gasteiger partial charge in [-0.05, 0) is 31.5 Å². The number of hydrogen-bond acceptors (Lipinski definition) is 3. The molecule has 1 atom stereocenters. The number of nitrogens with zero attached hydrogens (tertiary/aromatic N) is 1. The average Bonchev–Trinajstić information content (AvgIpc) is 2.30. The minimum Gasteiger partial charge on any atom is -0.478 e. The van der Waals surface area contributed by atoms with Gasteiger partial charge in [-0.15, -0.1) is 17.0 Å². The first-order valence-electron chi connectivity index (χ1n) is 5.20. The monoisotopic (exact) mass is 286 g/mol. The van der Waals surface area contributed by atoms with Crippen molar-refractivity contribution in [2.45, 2.75) is 25.3 Å². The van der Waals surface area contributed by atoms with E-state index >= 15 is 0 Å². The molecule has 5 heteroatoms. The summed E-state index contributed by atoms with van der Waals surface area (Å²) in [5.74, 6) is -0.898. The van der Waals surface area contributed by atoms with Crippen LogP contribution in [0.2, 0.25) is 0 Å². The van der Waals surface area contributed by atoms with Crippen molar-refractivity contribution in [3.8, 4) is 0 Å². The number of halogens is 1. The zero-order chi connectivity index (χ0) is 10.7. The summed E-state index contributed by atoms with van der Waals surface area (Å²) < 4.78 is 0. The van der Waals surface area contributed by atoms with E-state index in [0.29, 0.717) is 11.3 Å². The van der Waals surface area contributed by atoms with Gasteiger partial charge in [0, 0.05) is 6.20 Å². The molecule has 1 aliphatic rings. The third kappa shape index (κ3) is 2.80. The van der Waals surface area contributed by atoms with Crippen LogP contribution in [0.25, 0.3) is 0 Å². The lowest BCUT2D eigenvalue weighted by atomic mass is 9.98. The first kappa shape index (κ1) is 13.1. The first-order chi connectivity index (χ1) is 7.29. The van der Waals surface area contributed by atoms with Crippen LogP contribution in [0.1, 0.15) is 41.4 Å². The summed E-state index contributed by atoms with van der Waals surface area (Å²) in [6, 6.07) is 3.38. The summed E-state index contributed by atoms with van der Waals surface area (Å²) in [6.45, 7) is 0.945. The molecule has 0 amide bonds. The van der Waals surface area contributed by atoms with Crippen LogP contribution in [0.4, 0.5) is 0 Å². The Balaban J connectivity index is 0.00000128. The number of carbonyl (C=O) groups is 1. The Labute approximate surface area is 105 Å². The molecule has 1 aliphatic heterocycles. The standard InChI is InChI=1S/C11H14N2O2.BrH/c14-11(15)8-4-3-7-13-10(8)9-5-1-2-6-12-9;/h3-4,7,9,12H,1-2,5-6H2,(H,14,15);1H. The maximum Gasteiger partial charge on any atom is 0.337 e. The minimum absolute atomic E-state index is 0. The highest BCUT2D eigenvalue weighted by atomic mass is 79.9. The fourth-order valence-electron chi connectivity index (χ4n) is 1.96. The molecule has 0 radical (unpaired) electrons. The van der Waals surface area contributed by atoms with Crippen LogP contribution < -0.4 is 5.32 Å². The van der Waals surface area contributed by atoms with Gasteiger partial charge in [-0.3, -0.25) is 4.98 Å². The van der Waals surface area contributed by atoms with E-state index in [4.69, 9.17) is 5.11 Å². The Hall–Kier alpha value is -0.940. The van der Waals surface area contributed by atoms with Crippen molar-refractivity contribution in [2.24, 2.45) is 0 Å². The zero-order valence-corrected chi connectivity index (χ0v) is 10.6. The molecule has 88 valence electrons. The maximum atomic E-state index is 11.0. The van der Waals surface area contributed by atoms with Crippen LogP contribution in [0, 0.1) is 0 Å². The van der Waals surface area contributed by atoms with E-state index in [-0.39, 0.29) is 23.0 Å². The van der Waals surface area contributed by atoms with E-state index in [2.05, 4.69) is 10.3 Å². The summed E-state index contributed by atoms with van der Waals surface area (Å²) in [5, 5.41) is 12.3. The molecule has 1 aromatic heterocycles. The van der Waals surface area contributed by atoms with Gasteiger partial charge in [-0.2, -0.15) is 0 Å². The number of hydrogen-bond donors (Lipinski definition) is 2. The molecule has 1 saturated heterocycles. The smallest absolute Gasteiger partial charge is 0.337 e. The van der Waals surface area contributed by atoms with E-state index in [0.717, 1.165) is 25.8 Å². The van der Waals surface area contributed by atoms with Crippen LogP contribution in [0.15, 0.2) is 18.3 Å². The van der Waals surface area contributed by atoms with Gasteiger partial charge in [0.1, 0.15) is 0 Å². The van der Waals surface area contributed by atoms with E-state index in [1.807, 2.05) is 0 Å². The number of carboxylic acids is 1. The van der Waals surface area contributed by atoms with Crippen molar-refractivity contribution in [3.63, 3.8) is 0 Å². The highest BCUT2D eigenvalue weighted by Gasteiger charge is 2.21. The molecule has 16 heavy (non-hydrogen) atoms. The Morgan fingerprint density at radius 1 is 1.50 bits per heavy atom. The van der Waals surface area contributed by atoms with E-state index in [1.165, 1.54) is 0 Å². The Kier molecular flexibility index (Phi) is 4.89. The van der Waals surface area contributed by atoms with Gasteiger partial charge >= 0.3 is 5.97 Å². The molecule has 1 unspecified atom stereocenters. The molecule has 0 saturated carbocycles. The number of carboxylic acid groups (broad SMARTS) is 1. The lowest BCUT2D eigenvalue weighted by Crippen LogP contribution is -2.29. The van der Waals surface area contributed by atoms with Gasteiger partial charge in [0.25, 0.3) is 0 Å². The SMILES string of the molecule is Br.O=C(O)c1cccnc1C1CCCCN1. The van der Waals surface area contributed by atoms with Gasteiger partial charge < -0.3 is 10.4 Å². The van der Waals surface area contributed by atoms with Crippen molar-refractivity contribution in [2.75, 3.05) is 6.54 Å². The Bertz CT molecular complexity index is 365. The van der Waals surface area contributed by atoms with Crippen molar-refractivity contribution >= 4 is 23.0 Å². The normalized spacial score (nSPS) is 19.9. The molecular formula is C11H15BrN2O2. The topological polar surface area (TPSA) is 62.2 Å². The number of piperidine rings is 1. The molecule has 1 aromatic rings. The third-order valence-corrected chi connectivity index (χ3v) is 2.71. The Morgan fingerprint density at radius 3 is 2.94 bits per heavy atom. The molecule has 0 spiro atoms. The van der Waals surface area contributed by atoms with Gasteiger partial charge in [0.2, 0.25) is 0 Å². The number of rotatable bonds is 2. The van der Waals surface area contributed by atoms with Gasteiger partial charge in [0.15, 0.2) is 0 Å². The summed E-state index contributed by atoms with van der Waals surface area (Å²) in [6.07, 6.45) is 4.91. The second kappa shape index (κ2) is 5.96. The number of aromatic nitrogens is 1. The average molecular weight is 287 g/mol. The molecular weight excluding hydrogens is 272 g/mol. The van der Waals surface area contributed by atoms with Crippen LogP contribution in [-0.2, 0) is 0 Å². The fourth-order valence-corrected chi connectivity index (χ4v) is 1.96. The van der Waals surface area contributed by atoms with Crippen LogP contribution in [-0.4, -0.2) is 22.6 Å². The van der Waals surface area contributed by atoms with Crippen molar-refractivity contribution in [1.29, 1.82) is 0 Å². The number of pyridine rings is 1. The molecule has 0 bridgehead atoms. The van der Waals surface area contributed by atoms with Crippen molar-refractivity contribution < 1.29 is 9.90 Å². The summed E-state index contributed by atoms with van der Waals surface area (Å²) in [7, 11) is 0. The fraction of sp³-hybridized carbons (Fsp3) is 0.455.